The Balaban J connectivity index is 2.13. The Kier molecular flexibility index (Phi) is 8.02. The summed E-state index contributed by atoms with van der Waals surface area (Å²) in [7, 11) is 0. The highest BCUT2D eigenvalue weighted by atomic mass is 16.2. The quantitative estimate of drug-likeness (QED) is 0.417. The van der Waals surface area contributed by atoms with Crippen LogP contribution in [-0.2, 0) is 4.79 Å². The first-order valence-corrected chi connectivity index (χ1v) is 7.55. The molecule has 0 unspecified atom stereocenters. The highest BCUT2D eigenvalue weighted by Crippen LogP contribution is 2.08. The van der Waals surface area contributed by atoms with E-state index in [2.05, 4.69) is 17.2 Å². The number of hydrogen-bond donors (Lipinski definition) is 2. The van der Waals surface area contributed by atoms with Crippen molar-refractivity contribution >= 4 is 11.9 Å². The molecular weight excluding hydrogens is 240 g/mol. The van der Waals surface area contributed by atoms with E-state index >= 15 is 0 Å². The number of hydrogen-bond acceptors (Lipinski definition) is 2. The van der Waals surface area contributed by atoms with E-state index in [1.54, 1.807) is 0 Å². The van der Waals surface area contributed by atoms with Crippen molar-refractivity contribution in [2.45, 2.75) is 51.9 Å². The van der Waals surface area contributed by atoms with Crippen molar-refractivity contribution in [2.24, 2.45) is 10.7 Å². The summed E-state index contributed by atoms with van der Waals surface area (Å²) in [4.78, 5) is 17.9. The lowest BCUT2D eigenvalue weighted by Gasteiger charge is -2.26. The second-order valence-corrected chi connectivity index (χ2v) is 5.13. The van der Waals surface area contributed by atoms with Crippen LogP contribution in [0, 0.1) is 0 Å². The van der Waals surface area contributed by atoms with Crippen molar-refractivity contribution in [1.29, 1.82) is 0 Å². The molecule has 3 N–H and O–H groups in total. The average Bonchev–Trinajstić information content (AvgIpc) is 2.45. The molecule has 5 nitrogen and oxygen atoms in total. The number of nitrogens with zero attached hydrogens (tertiary/aromatic N) is 2. The fourth-order valence-electron chi connectivity index (χ4n) is 2.22. The Morgan fingerprint density at radius 1 is 1.21 bits per heavy atom. The summed E-state index contributed by atoms with van der Waals surface area (Å²) >= 11 is 0. The third-order valence-corrected chi connectivity index (χ3v) is 3.43. The Morgan fingerprint density at radius 2 is 1.95 bits per heavy atom. The number of nitrogens with one attached hydrogen (secondary N) is 1. The van der Waals surface area contributed by atoms with Gasteiger partial charge in [-0.15, -0.1) is 0 Å². The van der Waals surface area contributed by atoms with Gasteiger partial charge in [-0.05, 0) is 25.7 Å². The molecule has 1 amide bonds. The van der Waals surface area contributed by atoms with Gasteiger partial charge in [0, 0.05) is 19.6 Å². The van der Waals surface area contributed by atoms with Crippen molar-refractivity contribution in [3.05, 3.63) is 0 Å². The molecule has 0 atom stereocenters. The number of guanidine groups is 1. The summed E-state index contributed by atoms with van der Waals surface area (Å²) in [5.74, 6) is 0.484. The van der Waals surface area contributed by atoms with E-state index in [0.29, 0.717) is 5.96 Å². The molecule has 0 saturated carbocycles. The van der Waals surface area contributed by atoms with Gasteiger partial charge in [0.2, 0.25) is 5.91 Å². The minimum Gasteiger partial charge on any atom is -0.370 e. The number of carbonyl (C=O) groups excluding carboxylic acids is 1. The first-order valence-electron chi connectivity index (χ1n) is 7.55. The molecule has 0 radical (unpaired) electrons. The largest absolute Gasteiger partial charge is 0.370 e. The molecular formula is C14H28N4O. The predicted octanol–water partition coefficient (Wildman–Crippen LogP) is 1.48. The Hall–Kier alpha value is -1.26. The standard InChI is InChI=1S/C14H28N4O/c1-2-3-4-6-9-16-14(15)17-12-13(19)18-10-7-5-8-11-18/h2-12H2,1H3,(H3,15,16,17). The Bertz CT molecular complexity index is 285. The molecule has 0 aliphatic carbocycles. The highest BCUT2D eigenvalue weighted by molar-refractivity contribution is 5.84. The zero-order chi connectivity index (χ0) is 13.9. The molecule has 0 spiro atoms. The third-order valence-electron chi connectivity index (χ3n) is 3.43. The Labute approximate surface area is 116 Å². The van der Waals surface area contributed by atoms with Gasteiger partial charge >= 0.3 is 0 Å². The summed E-state index contributed by atoms with van der Waals surface area (Å²) in [5, 5.41) is 3.06. The molecule has 1 rings (SSSR count). The minimum atomic E-state index is 0.0930. The van der Waals surface area contributed by atoms with Crippen molar-refractivity contribution in [1.82, 2.24) is 10.2 Å². The lowest BCUT2D eigenvalue weighted by atomic mass is 10.1. The van der Waals surface area contributed by atoms with Crippen LogP contribution in [0.25, 0.3) is 0 Å². The Morgan fingerprint density at radius 3 is 2.63 bits per heavy atom. The number of amides is 1. The summed E-state index contributed by atoms with van der Waals surface area (Å²) in [5.41, 5.74) is 5.73. The first-order chi connectivity index (χ1) is 9.24. The van der Waals surface area contributed by atoms with Gasteiger partial charge in [-0.3, -0.25) is 4.79 Å². The molecule has 5 heteroatoms. The fraction of sp³-hybridized carbons (Fsp3) is 0.857. The van der Waals surface area contributed by atoms with Crippen molar-refractivity contribution in [3.63, 3.8) is 0 Å². The van der Waals surface area contributed by atoms with Crippen molar-refractivity contribution in [3.8, 4) is 0 Å². The maximum Gasteiger partial charge on any atom is 0.244 e. The fourth-order valence-corrected chi connectivity index (χ4v) is 2.22. The topological polar surface area (TPSA) is 70.7 Å². The summed E-state index contributed by atoms with van der Waals surface area (Å²) in [6.07, 6.45) is 8.25. The van der Waals surface area contributed by atoms with Gasteiger partial charge in [0.25, 0.3) is 0 Å². The maximum absolute atomic E-state index is 11.9. The van der Waals surface area contributed by atoms with Gasteiger partial charge in [-0.1, -0.05) is 26.2 Å². The van der Waals surface area contributed by atoms with Gasteiger partial charge in [0.15, 0.2) is 5.96 Å². The SMILES string of the molecule is CCCCCCNC(N)=NCC(=O)N1CCCCC1. The van der Waals surface area contributed by atoms with Gasteiger partial charge < -0.3 is 16.0 Å². The van der Waals surface area contributed by atoms with Gasteiger partial charge in [-0.2, -0.15) is 0 Å². The molecule has 1 aliphatic heterocycles. The van der Waals surface area contributed by atoms with Crippen LogP contribution in [0.15, 0.2) is 4.99 Å². The number of aliphatic imine (C=N–C) groups is 1. The molecule has 1 aliphatic rings. The predicted molar refractivity (Wildman–Crippen MR) is 79.1 cm³/mol. The average molecular weight is 268 g/mol. The lowest BCUT2D eigenvalue weighted by molar-refractivity contribution is -0.130. The lowest BCUT2D eigenvalue weighted by Crippen LogP contribution is -2.38. The summed E-state index contributed by atoms with van der Waals surface area (Å²) < 4.78 is 0. The van der Waals surface area contributed by atoms with E-state index < -0.39 is 0 Å². The van der Waals surface area contributed by atoms with Crippen LogP contribution in [-0.4, -0.2) is 42.9 Å². The summed E-state index contributed by atoms with van der Waals surface area (Å²) in [6, 6.07) is 0. The van der Waals surface area contributed by atoms with E-state index in [1.165, 1.54) is 25.7 Å². The molecule has 1 fully saturated rings. The second-order valence-electron chi connectivity index (χ2n) is 5.13. The normalized spacial score (nSPS) is 16.5. The van der Waals surface area contributed by atoms with Gasteiger partial charge in [0.1, 0.15) is 6.54 Å². The minimum absolute atomic E-state index is 0.0930. The number of piperidine rings is 1. The molecule has 0 aromatic rings. The maximum atomic E-state index is 11.9. The monoisotopic (exact) mass is 268 g/mol. The van der Waals surface area contributed by atoms with Crippen LogP contribution in [0.4, 0.5) is 0 Å². The second kappa shape index (κ2) is 9.64. The van der Waals surface area contributed by atoms with E-state index in [4.69, 9.17) is 5.73 Å². The summed E-state index contributed by atoms with van der Waals surface area (Å²) in [6.45, 7) is 4.95. The smallest absolute Gasteiger partial charge is 0.244 e. The van der Waals surface area contributed by atoms with Crippen LogP contribution < -0.4 is 11.1 Å². The van der Waals surface area contributed by atoms with Crippen LogP contribution in [0.1, 0.15) is 51.9 Å². The van der Waals surface area contributed by atoms with E-state index in [-0.39, 0.29) is 12.5 Å². The van der Waals surface area contributed by atoms with E-state index in [0.717, 1.165) is 38.9 Å². The van der Waals surface area contributed by atoms with Gasteiger partial charge in [-0.25, -0.2) is 4.99 Å². The van der Waals surface area contributed by atoms with Crippen LogP contribution >= 0.6 is 0 Å². The van der Waals surface area contributed by atoms with Gasteiger partial charge in [0.05, 0.1) is 0 Å². The number of likely N-dealkylation sites (tertiary alicyclic amines) is 1. The highest BCUT2D eigenvalue weighted by Gasteiger charge is 2.15. The van der Waals surface area contributed by atoms with Crippen molar-refractivity contribution in [2.75, 3.05) is 26.2 Å². The van der Waals surface area contributed by atoms with Crippen LogP contribution in [0.5, 0.6) is 0 Å². The zero-order valence-electron chi connectivity index (χ0n) is 12.2. The first kappa shape index (κ1) is 15.8. The van der Waals surface area contributed by atoms with E-state index in [9.17, 15) is 4.79 Å². The van der Waals surface area contributed by atoms with Crippen LogP contribution in [0.2, 0.25) is 0 Å². The molecule has 0 aromatic carbocycles. The molecule has 0 aromatic heterocycles. The molecule has 1 saturated heterocycles. The number of rotatable bonds is 7. The zero-order valence-corrected chi connectivity index (χ0v) is 12.2. The number of carbonyl (C=O) groups is 1. The number of nitrogens with two attached hydrogens (primary N) is 1. The van der Waals surface area contributed by atoms with Crippen LogP contribution in [0.3, 0.4) is 0 Å². The van der Waals surface area contributed by atoms with E-state index in [1.807, 2.05) is 4.90 Å². The number of unbranched alkanes of at least 4 members (excludes halogenated alkanes) is 3. The molecule has 19 heavy (non-hydrogen) atoms. The molecule has 0 bridgehead atoms. The van der Waals surface area contributed by atoms with Crippen molar-refractivity contribution < 1.29 is 4.79 Å². The molecule has 1 heterocycles. The molecule has 110 valence electrons. The third kappa shape index (κ3) is 7.03.